The Kier molecular flexibility index (Phi) is 15.2. The van der Waals surface area contributed by atoms with Crippen LogP contribution in [-0.2, 0) is 0 Å². The number of halogens is 2. The number of benzene rings is 15. The van der Waals surface area contributed by atoms with Crippen LogP contribution in [0.4, 0.5) is 77.0 Å². The van der Waals surface area contributed by atoms with Gasteiger partial charge in [0.1, 0.15) is 11.6 Å². The molecule has 98 heavy (non-hydrogen) atoms. The van der Waals surface area contributed by atoms with Crippen molar-refractivity contribution in [1.82, 2.24) is 9.13 Å². The lowest BCUT2D eigenvalue weighted by Crippen LogP contribution is -2.12. The first-order valence-electron chi connectivity index (χ1n) is 32.9. The normalized spacial score (nSPS) is 11.4. The van der Waals surface area contributed by atoms with Crippen LogP contribution in [-0.4, -0.2) is 9.13 Å². The largest absolute Gasteiger partial charge is 0.311 e. The highest BCUT2D eigenvalue weighted by Crippen LogP contribution is 2.46. The summed E-state index contributed by atoms with van der Waals surface area (Å²) in [5, 5.41) is 6.40. The van der Waals surface area contributed by atoms with E-state index in [9.17, 15) is 0 Å². The molecule has 17 aromatic rings. The molecule has 15 aromatic carbocycles. The second-order valence-corrected chi connectivity index (χ2v) is 24.5. The van der Waals surface area contributed by atoms with E-state index in [1.807, 2.05) is 36.4 Å². The molecule has 0 unspecified atom stereocenters. The predicted octanol–water partition coefficient (Wildman–Crippen LogP) is 25.4. The molecule has 0 saturated carbocycles. The molecule has 17 rings (SSSR count). The Labute approximate surface area is 567 Å². The van der Waals surface area contributed by atoms with Gasteiger partial charge in [0.15, 0.2) is 0 Å². The molecule has 0 atom stereocenters. The SMILES string of the molecule is Fc1cccc(-c2cc3cc4c(cc(-c5cccc(F)c5)n4-c4ccc(N(c5ccc(N(c6ccccc6)c6ccccc6)cc5)c5cccc6ccccc56)cc4)cc3n2-c2ccc(N(c3ccc(N(c4ccccc4)c4ccccc4)cc3)c3cccc4ccccc34)cc2)c1. The summed E-state index contributed by atoms with van der Waals surface area (Å²) in [6, 6.07) is 129. The Bertz CT molecular complexity index is 5260. The van der Waals surface area contributed by atoms with E-state index in [-0.39, 0.29) is 11.6 Å². The minimum absolute atomic E-state index is 0.323. The molecule has 0 radical (unpaired) electrons. The second-order valence-electron chi connectivity index (χ2n) is 24.5. The Hall–Kier alpha value is -13.0. The first-order valence-corrected chi connectivity index (χ1v) is 32.9. The van der Waals surface area contributed by atoms with Crippen LogP contribution in [0.5, 0.6) is 0 Å². The topological polar surface area (TPSA) is 22.8 Å². The molecule has 2 aromatic heterocycles. The molecule has 8 heteroatoms. The number of anilines is 12. The molecular formula is C90H62F2N6. The van der Waals surface area contributed by atoms with Crippen LogP contribution in [0.15, 0.2) is 376 Å². The fourth-order valence-corrected chi connectivity index (χ4v) is 14.1. The average Bonchev–Trinajstić information content (AvgIpc) is 1.54. The molecule has 0 aliphatic heterocycles. The zero-order chi connectivity index (χ0) is 65.5. The van der Waals surface area contributed by atoms with Crippen molar-refractivity contribution < 1.29 is 8.78 Å². The third-order valence-corrected chi connectivity index (χ3v) is 18.5. The average molecular weight is 1270 g/mol. The maximum atomic E-state index is 15.6. The van der Waals surface area contributed by atoms with Gasteiger partial charge in [0.05, 0.1) is 33.8 Å². The van der Waals surface area contributed by atoms with Gasteiger partial charge in [0, 0.05) is 101 Å². The van der Waals surface area contributed by atoms with Crippen molar-refractivity contribution in [3.05, 3.63) is 388 Å². The summed E-state index contributed by atoms with van der Waals surface area (Å²) in [7, 11) is 0. The zero-order valence-electron chi connectivity index (χ0n) is 53.2. The van der Waals surface area contributed by atoms with Crippen molar-refractivity contribution in [1.29, 1.82) is 0 Å². The van der Waals surface area contributed by atoms with Gasteiger partial charge in [-0.1, -0.05) is 170 Å². The summed E-state index contributed by atoms with van der Waals surface area (Å²) in [4.78, 5) is 9.20. The Morgan fingerprint density at radius 2 is 0.480 bits per heavy atom. The summed E-state index contributed by atoms with van der Waals surface area (Å²) >= 11 is 0. The number of aromatic nitrogens is 2. The highest BCUT2D eigenvalue weighted by Gasteiger charge is 2.24. The van der Waals surface area contributed by atoms with Crippen LogP contribution >= 0.6 is 0 Å². The van der Waals surface area contributed by atoms with Gasteiger partial charge < -0.3 is 28.7 Å². The van der Waals surface area contributed by atoms with Gasteiger partial charge in [0.25, 0.3) is 0 Å². The number of para-hydroxylation sites is 4. The third kappa shape index (κ3) is 11.0. The van der Waals surface area contributed by atoms with Gasteiger partial charge in [-0.25, -0.2) is 8.78 Å². The maximum absolute atomic E-state index is 15.6. The van der Waals surface area contributed by atoms with E-state index < -0.39 is 0 Å². The molecule has 0 amide bonds. The summed E-state index contributed by atoms with van der Waals surface area (Å²) in [6.07, 6.45) is 0. The second kappa shape index (κ2) is 25.4. The molecule has 0 saturated heterocycles. The van der Waals surface area contributed by atoms with E-state index >= 15 is 8.78 Å². The summed E-state index contributed by atoms with van der Waals surface area (Å²) < 4.78 is 35.6. The number of rotatable bonds is 16. The Balaban J connectivity index is 0.784. The minimum atomic E-state index is -0.323. The fraction of sp³-hybridized carbons (Fsp3) is 0. The van der Waals surface area contributed by atoms with Gasteiger partial charge >= 0.3 is 0 Å². The van der Waals surface area contributed by atoms with Crippen molar-refractivity contribution in [2.45, 2.75) is 0 Å². The summed E-state index contributed by atoms with van der Waals surface area (Å²) in [5.74, 6) is -0.647. The number of hydrogen-bond donors (Lipinski definition) is 0. The van der Waals surface area contributed by atoms with E-state index in [1.54, 1.807) is 24.3 Å². The van der Waals surface area contributed by atoms with Gasteiger partial charge in [-0.3, -0.25) is 0 Å². The highest BCUT2D eigenvalue weighted by atomic mass is 19.1. The lowest BCUT2D eigenvalue weighted by Gasteiger charge is -2.29. The molecule has 466 valence electrons. The zero-order valence-corrected chi connectivity index (χ0v) is 53.2. The van der Waals surface area contributed by atoms with Crippen LogP contribution < -0.4 is 19.6 Å². The quantitative estimate of drug-likeness (QED) is 0.0962. The van der Waals surface area contributed by atoms with Crippen LogP contribution in [0.25, 0.3) is 77.2 Å². The molecular weight excluding hydrogens is 1200 g/mol. The smallest absolute Gasteiger partial charge is 0.123 e. The third-order valence-electron chi connectivity index (χ3n) is 18.5. The number of hydrogen-bond acceptors (Lipinski definition) is 4. The minimum Gasteiger partial charge on any atom is -0.311 e. The fourth-order valence-electron chi connectivity index (χ4n) is 14.1. The van der Waals surface area contributed by atoms with Crippen molar-refractivity contribution in [2.75, 3.05) is 19.6 Å². The Morgan fingerprint density at radius 3 is 0.816 bits per heavy atom. The van der Waals surface area contributed by atoms with E-state index in [0.29, 0.717) is 0 Å². The van der Waals surface area contributed by atoms with E-state index in [4.69, 9.17) is 0 Å². The molecule has 0 N–H and O–H groups in total. The van der Waals surface area contributed by atoms with Gasteiger partial charge in [0.2, 0.25) is 0 Å². The van der Waals surface area contributed by atoms with E-state index in [1.165, 1.54) is 12.1 Å². The number of nitrogens with zero attached hydrogens (tertiary/aromatic N) is 6. The summed E-state index contributed by atoms with van der Waals surface area (Å²) in [6.45, 7) is 0. The van der Waals surface area contributed by atoms with E-state index in [0.717, 1.165) is 145 Å². The van der Waals surface area contributed by atoms with E-state index in [2.05, 4.69) is 332 Å². The molecule has 0 spiro atoms. The van der Waals surface area contributed by atoms with Crippen molar-refractivity contribution >= 4 is 112 Å². The van der Waals surface area contributed by atoms with Gasteiger partial charge in [-0.05, 0) is 217 Å². The first kappa shape index (κ1) is 58.8. The number of fused-ring (bicyclic) bond motifs is 4. The van der Waals surface area contributed by atoms with Crippen LogP contribution in [0.2, 0.25) is 0 Å². The molecule has 0 fully saturated rings. The van der Waals surface area contributed by atoms with Crippen LogP contribution in [0, 0.1) is 11.6 Å². The predicted molar refractivity (Wildman–Crippen MR) is 405 cm³/mol. The van der Waals surface area contributed by atoms with Crippen molar-refractivity contribution in [3.8, 4) is 33.9 Å². The van der Waals surface area contributed by atoms with Crippen molar-refractivity contribution in [3.63, 3.8) is 0 Å². The molecule has 6 nitrogen and oxygen atoms in total. The van der Waals surface area contributed by atoms with Crippen LogP contribution in [0.1, 0.15) is 0 Å². The first-order chi connectivity index (χ1) is 48.4. The lowest BCUT2D eigenvalue weighted by molar-refractivity contribution is 0.628. The standard InChI is InChI=1S/C90H62F2N6/c91-69-27-17-25-65(57-69)87-59-67-62-90-68(61-89(67)97(87)81-53-49-79(50-54-81)95(85-39-19-23-63-21-13-15-37-83(63)85)77-45-41-75(42-46-77)93(71-29-5-1-6-30-71)72-31-7-2-8-32-72)60-88(66-26-18-28-70(92)58-66)98(90)82-55-51-80(52-56-82)96(86-40-20-24-64-22-14-16-38-84(64)86)78-47-43-76(44-48-78)94(73-33-9-3-10-34-73)74-35-11-4-12-36-74/h1-62H. The van der Waals surface area contributed by atoms with Gasteiger partial charge in [-0.15, -0.1) is 0 Å². The summed E-state index contributed by atoms with van der Waals surface area (Å²) in [5.41, 5.74) is 19.1. The molecule has 0 aliphatic rings. The molecule has 0 bridgehead atoms. The van der Waals surface area contributed by atoms with Crippen molar-refractivity contribution in [2.24, 2.45) is 0 Å². The highest BCUT2D eigenvalue weighted by molar-refractivity contribution is 6.04. The Morgan fingerprint density at radius 1 is 0.204 bits per heavy atom. The van der Waals surface area contributed by atoms with Crippen LogP contribution in [0.3, 0.4) is 0 Å². The monoisotopic (exact) mass is 1260 g/mol. The molecule has 2 heterocycles. The lowest BCUT2D eigenvalue weighted by atomic mass is 10.1. The van der Waals surface area contributed by atoms with Gasteiger partial charge in [-0.2, -0.15) is 0 Å². The maximum Gasteiger partial charge on any atom is 0.123 e. The molecule has 0 aliphatic carbocycles.